The van der Waals surface area contributed by atoms with Crippen molar-refractivity contribution in [2.24, 2.45) is 5.73 Å². The van der Waals surface area contributed by atoms with Crippen molar-refractivity contribution in [3.8, 4) is 5.75 Å². The van der Waals surface area contributed by atoms with Crippen LogP contribution in [-0.2, 0) is 12.8 Å². The van der Waals surface area contributed by atoms with Gasteiger partial charge in [-0.1, -0.05) is 19.1 Å². The molecule has 0 saturated carbocycles. The number of thiazole rings is 1. The summed E-state index contributed by atoms with van der Waals surface area (Å²) in [5, 5.41) is 4.15. The minimum Gasteiger partial charge on any atom is -0.497 e. The highest BCUT2D eigenvalue weighted by atomic mass is 32.1. The molecule has 0 amide bonds. The maximum Gasteiger partial charge on any atom is 0.191 e. The number of nitrogens with one attached hydrogen (secondary N) is 1. The number of hydrogen-bond acceptors (Lipinski definition) is 6. The highest BCUT2D eigenvalue weighted by Crippen LogP contribution is 2.32. The van der Waals surface area contributed by atoms with Crippen LogP contribution in [0.25, 0.3) is 0 Å². The molecular formula is C20H27N3O2S. The van der Waals surface area contributed by atoms with E-state index >= 15 is 0 Å². The Bertz CT molecular complexity index is 742. The van der Waals surface area contributed by atoms with Gasteiger partial charge in [-0.05, 0) is 49.9 Å². The Morgan fingerprint density at radius 2 is 2.15 bits per heavy atom. The quantitative estimate of drug-likeness (QED) is 0.695. The highest BCUT2D eigenvalue weighted by Gasteiger charge is 2.29. The van der Waals surface area contributed by atoms with Crippen molar-refractivity contribution in [2.75, 3.05) is 13.7 Å². The van der Waals surface area contributed by atoms with E-state index in [1.807, 2.05) is 24.3 Å². The van der Waals surface area contributed by atoms with Crippen molar-refractivity contribution in [3.05, 3.63) is 45.4 Å². The van der Waals surface area contributed by atoms with Gasteiger partial charge >= 0.3 is 0 Å². The molecule has 3 rings (SSSR count). The van der Waals surface area contributed by atoms with Gasteiger partial charge in [-0.2, -0.15) is 0 Å². The lowest BCUT2D eigenvalue weighted by Crippen LogP contribution is -2.38. The Morgan fingerprint density at radius 1 is 1.38 bits per heavy atom. The minimum atomic E-state index is -0.0764. The molecule has 2 aromatic rings. The summed E-state index contributed by atoms with van der Waals surface area (Å²) in [6.07, 6.45) is 4.09. The Kier molecular flexibility index (Phi) is 6.40. The normalized spacial score (nSPS) is 19.2. The third-order valence-electron chi connectivity index (χ3n) is 4.77. The first-order valence-electron chi connectivity index (χ1n) is 9.25. The molecule has 6 heteroatoms. The van der Waals surface area contributed by atoms with Crippen molar-refractivity contribution >= 4 is 17.1 Å². The number of aryl methyl sites for hydroxylation is 1. The molecule has 2 atom stereocenters. The van der Waals surface area contributed by atoms with Crippen molar-refractivity contribution in [1.82, 2.24) is 10.3 Å². The molecule has 1 aromatic carbocycles. The van der Waals surface area contributed by atoms with Crippen LogP contribution in [0.5, 0.6) is 5.75 Å². The number of fused-ring (bicyclic) bond motifs is 1. The number of aromatic nitrogens is 1. The molecule has 1 aromatic heterocycles. The molecule has 1 aliphatic carbocycles. The fourth-order valence-electron chi connectivity index (χ4n) is 3.30. The van der Waals surface area contributed by atoms with Gasteiger partial charge < -0.3 is 15.8 Å². The van der Waals surface area contributed by atoms with E-state index in [1.54, 1.807) is 7.11 Å². The van der Waals surface area contributed by atoms with Crippen LogP contribution in [0.3, 0.4) is 0 Å². The number of nitrogens with zero attached hydrogens (tertiary/aromatic N) is 1. The van der Waals surface area contributed by atoms with E-state index in [-0.39, 0.29) is 11.8 Å². The van der Waals surface area contributed by atoms with Gasteiger partial charge in [0.15, 0.2) is 10.8 Å². The molecule has 0 aliphatic heterocycles. The van der Waals surface area contributed by atoms with Crippen LogP contribution in [0.4, 0.5) is 0 Å². The van der Waals surface area contributed by atoms with Crippen molar-refractivity contribution in [1.29, 1.82) is 0 Å². The molecule has 0 saturated heterocycles. The number of hydrogen-bond donors (Lipinski definition) is 2. The van der Waals surface area contributed by atoms with Gasteiger partial charge in [0.05, 0.1) is 12.8 Å². The van der Waals surface area contributed by atoms with Gasteiger partial charge in [-0.25, -0.2) is 4.98 Å². The predicted molar refractivity (Wildman–Crippen MR) is 105 cm³/mol. The zero-order chi connectivity index (χ0) is 18.5. The summed E-state index contributed by atoms with van der Waals surface area (Å²) in [7, 11) is 1.65. The van der Waals surface area contributed by atoms with Crippen LogP contribution in [-0.4, -0.2) is 30.5 Å². The molecule has 3 N–H and O–H groups in total. The van der Waals surface area contributed by atoms with Gasteiger partial charge in [0.25, 0.3) is 0 Å². The van der Waals surface area contributed by atoms with E-state index in [0.717, 1.165) is 42.8 Å². The first kappa shape index (κ1) is 19.0. The fourth-order valence-corrected chi connectivity index (χ4v) is 4.48. The summed E-state index contributed by atoms with van der Waals surface area (Å²) in [5.41, 5.74) is 8.35. The Morgan fingerprint density at radius 3 is 2.85 bits per heavy atom. The number of carbonyl (C=O) groups is 1. The maximum atomic E-state index is 12.6. The maximum absolute atomic E-state index is 12.6. The van der Waals surface area contributed by atoms with Crippen molar-refractivity contribution in [2.45, 2.75) is 51.1 Å². The van der Waals surface area contributed by atoms with Gasteiger partial charge in [0.1, 0.15) is 5.75 Å². The third-order valence-corrected chi connectivity index (χ3v) is 5.90. The fraction of sp³-hybridized carbons (Fsp3) is 0.500. The Hall–Kier alpha value is -1.76. The van der Waals surface area contributed by atoms with Crippen LogP contribution in [0.1, 0.15) is 58.2 Å². The summed E-state index contributed by atoms with van der Waals surface area (Å²) >= 11 is 1.52. The summed E-state index contributed by atoms with van der Waals surface area (Å²) in [4.78, 5) is 18.3. The largest absolute Gasteiger partial charge is 0.497 e. The number of ether oxygens (including phenoxy) is 1. The SMILES string of the molecule is CCCNC1Cc2sc(C(=O)CCc3ccc(OC)cc3)nc2C(N)C1. The zero-order valence-corrected chi connectivity index (χ0v) is 16.3. The topological polar surface area (TPSA) is 77.2 Å². The number of Topliss-reactive ketones (excluding diaryl/α,β-unsaturated/α-hetero) is 1. The summed E-state index contributed by atoms with van der Waals surface area (Å²) in [6.45, 7) is 3.16. The van der Waals surface area contributed by atoms with Gasteiger partial charge in [0, 0.05) is 23.4 Å². The molecule has 26 heavy (non-hydrogen) atoms. The van der Waals surface area contributed by atoms with Crippen LogP contribution in [0, 0.1) is 0 Å². The van der Waals surface area contributed by atoms with Crippen LogP contribution < -0.4 is 15.8 Å². The summed E-state index contributed by atoms with van der Waals surface area (Å²) < 4.78 is 5.16. The number of carbonyl (C=O) groups excluding carboxylic acids is 1. The predicted octanol–water partition coefficient (Wildman–Crippen LogP) is 3.28. The first-order chi connectivity index (χ1) is 12.6. The van der Waals surface area contributed by atoms with E-state index in [9.17, 15) is 4.79 Å². The number of methoxy groups -OCH3 is 1. The van der Waals surface area contributed by atoms with E-state index in [2.05, 4.69) is 17.2 Å². The molecule has 1 aliphatic rings. The lowest BCUT2D eigenvalue weighted by Gasteiger charge is -2.26. The smallest absolute Gasteiger partial charge is 0.191 e. The van der Waals surface area contributed by atoms with Gasteiger partial charge in [0.2, 0.25) is 0 Å². The molecule has 0 fully saturated rings. The van der Waals surface area contributed by atoms with Crippen molar-refractivity contribution < 1.29 is 9.53 Å². The average molecular weight is 374 g/mol. The van der Waals surface area contributed by atoms with Crippen LogP contribution in [0.15, 0.2) is 24.3 Å². The summed E-state index contributed by atoms with van der Waals surface area (Å²) in [6, 6.07) is 8.15. The van der Waals surface area contributed by atoms with Gasteiger partial charge in [-0.15, -0.1) is 11.3 Å². The highest BCUT2D eigenvalue weighted by molar-refractivity contribution is 7.13. The number of nitrogens with two attached hydrogens (primary N) is 1. The number of benzene rings is 1. The third kappa shape index (κ3) is 4.50. The lowest BCUT2D eigenvalue weighted by atomic mass is 9.93. The molecule has 1 heterocycles. The molecule has 140 valence electrons. The Labute approximate surface area is 159 Å². The van der Waals surface area contributed by atoms with E-state index in [4.69, 9.17) is 10.5 Å². The number of ketones is 1. The summed E-state index contributed by atoms with van der Waals surface area (Å²) in [5.74, 6) is 0.929. The van der Waals surface area contributed by atoms with E-state index in [0.29, 0.717) is 23.9 Å². The molecule has 2 unspecified atom stereocenters. The second-order valence-corrected chi connectivity index (χ2v) is 7.88. The molecule has 5 nitrogen and oxygen atoms in total. The standard InChI is InChI=1S/C20H27N3O2S/c1-3-10-22-14-11-16(21)19-18(12-14)26-20(23-19)17(24)9-6-13-4-7-15(25-2)8-5-13/h4-5,7-8,14,16,22H,3,6,9-12,21H2,1-2H3. The van der Waals surface area contributed by atoms with Gasteiger partial charge in [-0.3, -0.25) is 4.79 Å². The molecule has 0 bridgehead atoms. The average Bonchev–Trinajstić information content (AvgIpc) is 3.09. The lowest BCUT2D eigenvalue weighted by molar-refractivity contribution is 0.0982. The number of rotatable bonds is 8. The zero-order valence-electron chi connectivity index (χ0n) is 15.5. The monoisotopic (exact) mass is 373 g/mol. The van der Waals surface area contributed by atoms with E-state index in [1.165, 1.54) is 16.2 Å². The second kappa shape index (κ2) is 8.75. The molecule has 0 spiro atoms. The van der Waals surface area contributed by atoms with E-state index < -0.39 is 0 Å². The first-order valence-corrected chi connectivity index (χ1v) is 10.1. The minimum absolute atomic E-state index is 0.0764. The van der Waals surface area contributed by atoms with Crippen LogP contribution in [0.2, 0.25) is 0 Å². The van der Waals surface area contributed by atoms with Crippen molar-refractivity contribution in [3.63, 3.8) is 0 Å². The molecular weight excluding hydrogens is 346 g/mol. The molecule has 0 radical (unpaired) electrons. The Balaban J connectivity index is 1.62. The van der Waals surface area contributed by atoms with Crippen LogP contribution >= 0.6 is 11.3 Å². The second-order valence-electron chi connectivity index (χ2n) is 6.80.